The summed E-state index contributed by atoms with van der Waals surface area (Å²) in [5, 5.41) is 4.98. The quantitative estimate of drug-likeness (QED) is 0.799. The molecule has 1 saturated heterocycles. The molecule has 0 aromatic heterocycles. The highest BCUT2D eigenvalue weighted by molar-refractivity contribution is 7.89. The smallest absolute Gasteiger partial charge is 0.418 e. The molecule has 0 radical (unpaired) electrons. The van der Waals surface area contributed by atoms with Crippen LogP contribution in [0.2, 0.25) is 0 Å². The Hall–Kier alpha value is -2.26. The van der Waals surface area contributed by atoms with E-state index in [1.165, 1.54) is 6.07 Å². The molecule has 2 N–H and O–H groups in total. The molecule has 0 saturated carbocycles. The molecular formula is C20H23F3N2O3S. The van der Waals surface area contributed by atoms with Crippen LogP contribution in [-0.4, -0.2) is 27.6 Å². The predicted octanol–water partition coefficient (Wildman–Crippen LogP) is 4.02. The molecule has 29 heavy (non-hydrogen) atoms. The predicted molar refractivity (Wildman–Crippen MR) is 105 cm³/mol. The number of rotatable bonds is 4. The molecule has 0 unspecified atom stereocenters. The average Bonchev–Trinajstić information content (AvgIpc) is 2.63. The van der Waals surface area contributed by atoms with Gasteiger partial charge in [0.1, 0.15) is 11.9 Å². The van der Waals surface area contributed by atoms with Crippen molar-refractivity contribution in [3.63, 3.8) is 0 Å². The van der Waals surface area contributed by atoms with Gasteiger partial charge in [-0.1, -0.05) is 6.07 Å². The molecule has 1 heterocycles. The Bertz CT molecular complexity index is 999. The average molecular weight is 428 g/mol. The maximum Gasteiger partial charge on any atom is 0.418 e. The lowest BCUT2D eigenvalue weighted by molar-refractivity contribution is -0.137. The van der Waals surface area contributed by atoms with E-state index in [-0.39, 0.29) is 11.8 Å². The minimum absolute atomic E-state index is 0.0467. The Kier molecular flexibility index (Phi) is 5.82. The van der Waals surface area contributed by atoms with Gasteiger partial charge in [-0.25, -0.2) is 13.6 Å². The fourth-order valence-electron chi connectivity index (χ4n) is 3.39. The summed E-state index contributed by atoms with van der Waals surface area (Å²) < 4.78 is 69.4. The molecule has 0 amide bonds. The van der Waals surface area contributed by atoms with Gasteiger partial charge in [-0.15, -0.1) is 0 Å². The number of aryl methyl sites for hydroxylation is 2. The van der Waals surface area contributed by atoms with Crippen molar-refractivity contribution in [3.8, 4) is 5.75 Å². The fraction of sp³-hybridized carbons (Fsp3) is 0.400. The largest absolute Gasteiger partial charge is 0.490 e. The second kappa shape index (κ2) is 7.87. The fourth-order valence-corrected chi connectivity index (χ4v) is 3.93. The maximum absolute atomic E-state index is 13.5. The van der Waals surface area contributed by atoms with E-state index < -0.39 is 26.7 Å². The number of hydrogen-bond donors (Lipinski definition) is 1. The second-order valence-electron chi connectivity index (χ2n) is 7.27. The number of halogens is 3. The van der Waals surface area contributed by atoms with Crippen LogP contribution in [0.25, 0.3) is 0 Å². The van der Waals surface area contributed by atoms with Crippen molar-refractivity contribution >= 4 is 15.7 Å². The summed E-state index contributed by atoms with van der Waals surface area (Å²) in [4.78, 5) is 1.05. The van der Waals surface area contributed by atoms with Gasteiger partial charge < -0.3 is 9.64 Å². The van der Waals surface area contributed by atoms with E-state index in [1.54, 1.807) is 4.90 Å². The van der Waals surface area contributed by atoms with Gasteiger partial charge in [0.05, 0.1) is 10.5 Å². The molecule has 0 bridgehead atoms. The van der Waals surface area contributed by atoms with Crippen molar-refractivity contribution in [2.45, 2.75) is 43.9 Å². The normalized spacial score (nSPS) is 16.1. The minimum Gasteiger partial charge on any atom is -0.490 e. The van der Waals surface area contributed by atoms with Crippen LogP contribution in [0.1, 0.15) is 29.5 Å². The van der Waals surface area contributed by atoms with Crippen LogP contribution in [-0.2, 0) is 16.2 Å². The lowest BCUT2D eigenvalue weighted by Crippen LogP contribution is -2.39. The van der Waals surface area contributed by atoms with Crippen LogP contribution < -0.4 is 14.8 Å². The van der Waals surface area contributed by atoms with Gasteiger partial charge in [-0.05, 0) is 55.3 Å². The van der Waals surface area contributed by atoms with E-state index in [2.05, 4.69) is 0 Å². The minimum atomic E-state index is -4.69. The van der Waals surface area contributed by atoms with Gasteiger partial charge in [0, 0.05) is 31.6 Å². The van der Waals surface area contributed by atoms with Gasteiger partial charge in [0.2, 0.25) is 10.0 Å². The van der Waals surface area contributed by atoms with E-state index >= 15 is 0 Å². The monoisotopic (exact) mass is 428 g/mol. The van der Waals surface area contributed by atoms with Crippen molar-refractivity contribution in [3.05, 3.63) is 53.1 Å². The topological polar surface area (TPSA) is 72.6 Å². The van der Waals surface area contributed by atoms with Gasteiger partial charge in [0.25, 0.3) is 0 Å². The van der Waals surface area contributed by atoms with Crippen LogP contribution in [0.15, 0.2) is 41.3 Å². The van der Waals surface area contributed by atoms with Crippen LogP contribution in [0.3, 0.4) is 0 Å². The lowest BCUT2D eigenvalue weighted by Gasteiger charge is -2.35. The summed E-state index contributed by atoms with van der Waals surface area (Å²) in [5.74, 6) is 0.750. The molecule has 2 aromatic carbocycles. The number of nitrogens with zero attached hydrogens (tertiary/aromatic N) is 1. The van der Waals surface area contributed by atoms with Crippen LogP contribution in [0.5, 0.6) is 5.75 Å². The van der Waals surface area contributed by atoms with Gasteiger partial charge in [-0.3, -0.25) is 0 Å². The molecule has 2 aromatic rings. The zero-order chi connectivity index (χ0) is 21.4. The zero-order valence-corrected chi connectivity index (χ0v) is 17.0. The third kappa shape index (κ3) is 5.02. The van der Waals surface area contributed by atoms with Crippen molar-refractivity contribution in [2.75, 3.05) is 18.0 Å². The molecule has 0 atom stereocenters. The Labute approximate surface area is 168 Å². The van der Waals surface area contributed by atoms with Crippen molar-refractivity contribution in [2.24, 2.45) is 5.14 Å². The molecular weight excluding hydrogens is 405 g/mol. The van der Waals surface area contributed by atoms with E-state index in [4.69, 9.17) is 9.88 Å². The van der Waals surface area contributed by atoms with E-state index in [0.29, 0.717) is 32.0 Å². The molecule has 3 rings (SSSR count). The number of benzene rings is 2. The van der Waals surface area contributed by atoms with Crippen LogP contribution in [0, 0.1) is 13.8 Å². The van der Waals surface area contributed by atoms with Gasteiger partial charge in [-0.2, -0.15) is 13.2 Å². The first-order chi connectivity index (χ1) is 13.4. The zero-order valence-electron chi connectivity index (χ0n) is 16.2. The molecule has 9 heteroatoms. The second-order valence-corrected chi connectivity index (χ2v) is 8.83. The first kappa shape index (κ1) is 21.4. The Balaban J connectivity index is 1.75. The molecule has 158 valence electrons. The summed E-state index contributed by atoms with van der Waals surface area (Å²) in [7, 11) is -4.22. The van der Waals surface area contributed by atoms with Crippen molar-refractivity contribution in [1.82, 2.24) is 0 Å². The van der Waals surface area contributed by atoms with Crippen molar-refractivity contribution < 1.29 is 26.3 Å². The molecule has 1 aliphatic heterocycles. The molecule has 1 aliphatic rings. The summed E-state index contributed by atoms with van der Waals surface area (Å²) in [6.45, 7) is 4.74. The first-order valence-electron chi connectivity index (χ1n) is 9.18. The molecule has 0 aliphatic carbocycles. The Morgan fingerprint density at radius 1 is 1.03 bits per heavy atom. The van der Waals surface area contributed by atoms with Gasteiger partial charge >= 0.3 is 6.18 Å². The SMILES string of the molecule is Cc1ccc(OC2CCN(c3ccc(S(N)(=O)=O)cc3C(F)(F)F)CC2)cc1C. The number of hydrogen-bond acceptors (Lipinski definition) is 4. The number of sulfonamides is 1. The summed E-state index contributed by atoms with van der Waals surface area (Å²) in [6.07, 6.45) is -3.67. The highest BCUT2D eigenvalue weighted by atomic mass is 32.2. The molecule has 5 nitrogen and oxygen atoms in total. The summed E-state index contributed by atoms with van der Waals surface area (Å²) in [6, 6.07) is 8.70. The Morgan fingerprint density at radius 3 is 2.24 bits per heavy atom. The number of ether oxygens (including phenoxy) is 1. The summed E-state index contributed by atoms with van der Waals surface area (Å²) in [5.41, 5.74) is 1.23. The lowest BCUT2D eigenvalue weighted by atomic mass is 10.0. The first-order valence-corrected chi connectivity index (χ1v) is 10.7. The third-order valence-corrected chi connectivity index (χ3v) is 6.08. The van der Waals surface area contributed by atoms with Crippen LogP contribution >= 0.6 is 0 Å². The highest BCUT2D eigenvalue weighted by Gasteiger charge is 2.37. The third-order valence-electron chi connectivity index (χ3n) is 5.17. The number of nitrogens with two attached hydrogens (primary N) is 1. The Morgan fingerprint density at radius 2 is 1.69 bits per heavy atom. The number of primary sulfonamides is 1. The van der Waals surface area contributed by atoms with E-state index in [1.807, 2.05) is 32.0 Å². The number of anilines is 1. The highest BCUT2D eigenvalue weighted by Crippen LogP contribution is 2.39. The number of alkyl halides is 3. The van der Waals surface area contributed by atoms with E-state index in [0.717, 1.165) is 22.9 Å². The van der Waals surface area contributed by atoms with Crippen LogP contribution in [0.4, 0.5) is 18.9 Å². The summed E-state index contributed by atoms with van der Waals surface area (Å²) >= 11 is 0. The maximum atomic E-state index is 13.5. The van der Waals surface area contributed by atoms with Gasteiger partial charge in [0.15, 0.2) is 0 Å². The number of piperidine rings is 1. The van der Waals surface area contributed by atoms with Crippen molar-refractivity contribution in [1.29, 1.82) is 0 Å². The molecule has 0 spiro atoms. The molecule has 1 fully saturated rings. The van der Waals surface area contributed by atoms with E-state index in [9.17, 15) is 21.6 Å². The standard InChI is InChI=1S/C20H23F3N2O3S/c1-13-3-4-16(11-14(13)2)28-15-7-9-25(10-8-15)19-6-5-17(29(24,26)27)12-18(19)20(21,22)23/h3-6,11-12,15H,7-10H2,1-2H3,(H2,24,26,27).